The van der Waals surface area contributed by atoms with Gasteiger partial charge in [-0.3, -0.25) is 4.79 Å². The molecule has 2 aromatic rings. The molecule has 17 heteroatoms. The first-order chi connectivity index (χ1) is 20.1. The highest BCUT2D eigenvalue weighted by molar-refractivity contribution is 7.92. The molecule has 0 spiro atoms. The first-order valence-electron chi connectivity index (χ1n) is 13.3. The van der Waals surface area contributed by atoms with Gasteiger partial charge in [0.1, 0.15) is 10.6 Å². The molecule has 2 atom stereocenters. The SMILES string of the molecule is CC1(C(=O)N2CC[C@@]3(S(=O)(=O)c4ccc(F)cc4)c4ccc(C(F)(C(F)(F)F)C(F)(F)F)cc4CC[C@@H]23)CO[P](C)(O)OC1. The molecule has 3 aliphatic rings. The summed E-state index contributed by atoms with van der Waals surface area (Å²) < 4.78 is 147. The summed E-state index contributed by atoms with van der Waals surface area (Å²) in [5.74, 6) is -1.37. The topological polar surface area (TPSA) is 93.1 Å². The predicted octanol–water partition coefficient (Wildman–Crippen LogP) is 5.77. The molecule has 2 fully saturated rings. The summed E-state index contributed by atoms with van der Waals surface area (Å²) in [4.78, 5) is 24.9. The fourth-order valence-electron chi connectivity index (χ4n) is 6.37. The fraction of sp³-hybridized carbons (Fsp3) is 0.519. The van der Waals surface area contributed by atoms with Gasteiger partial charge in [-0.2, -0.15) is 26.3 Å². The van der Waals surface area contributed by atoms with Gasteiger partial charge in [0.2, 0.25) is 13.9 Å². The highest BCUT2D eigenvalue weighted by Gasteiger charge is 2.74. The molecule has 44 heavy (non-hydrogen) atoms. The number of alkyl halides is 7. The number of amides is 1. The van der Waals surface area contributed by atoms with Gasteiger partial charge in [0.05, 0.1) is 29.6 Å². The Morgan fingerprint density at radius 2 is 1.57 bits per heavy atom. The lowest BCUT2D eigenvalue weighted by atomic mass is 9.76. The monoisotopic (exact) mass is 676 g/mol. The molecular weight excluding hydrogens is 649 g/mol. The van der Waals surface area contributed by atoms with Gasteiger partial charge in [0.15, 0.2) is 9.84 Å². The van der Waals surface area contributed by atoms with Gasteiger partial charge in [0.25, 0.3) is 0 Å². The number of carbonyl (C=O) groups excluding carboxylic acids is 1. The molecular formula is C27H27F8NO6PS. The third-order valence-corrected chi connectivity index (χ3v) is 12.5. The summed E-state index contributed by atoms with van der Waals surface area (Å²) in [5.41, 5.74) is -9.29. The van der Waals surface area contributed by atoms with Crippen LogP contribution in [-0.2, 0) is 40.5 Å². The van der Waals surface area contributed by atoms with Crippen LogP contribution >= 0.6 is 7.94 Å². The second kappa shape index (κ2) is 10.3. The molecule has 1 radical (unpaired) electrons. The van der Waals surface area contributed by atoms with Crippen LogP contribution < -0.4 is 0 Å². The number of halogens is 8. The number of hydrogen-bond acceptors (Lipinski definition) is 6. The molecule has 5 rings (SSSR count). The zero-order chi connectivity index (χ0) is 32.7. The van der Waals surface area contributed by atoms with Gasteiger partial charge in [-0.15, -0.1) is 0 Å². The summed E-state index contributed by atoms with van der Waals surface area (Å²) in [7, 11) is -7.80. The normalized spacial score (nSPS) is 29.7. The van der Waals surface area contributed by atoms with E-state index in [-0.39, 0.29) is 56.2 Å². The van der Waals surface area contributed by atoms with Gasteiger partial charge in [-0.25, -0.2) is 17.2 Å². The van der Waals surface area contributed by atoms with Crippen LogP contribution in [0.25, 0.3) is 0 Å². The smallest absolute Gasteiger partial charge is 0.337 e. The Morgan fingerprint density at radius 1 is 1.00 bits per heavy atom. The van der Waals surface area contributed by atoms with E-state index in [1.165, 1.54) is 18.5 Å². The molecule has 243 valence electrons. The average Bonchev–Trinajstić information content (AvgIpc) is 3.34. The Hall–Kier alpha value is -2.39. The largest absolute Gasteiger partial charge is 0.435 e. The van der Waals surface area contributed by atoms with E-state index in [1.807, 2.05) is 0 Å². The lowest BCUT2D eigenvalue weighted by Crippen LogP contribution is -2.56. The number of benzene rings is 2. The van der Waals surface area contributed by atoms with Crippen molar-refractivity contribution in [1.82, 2.24) is 4.90 Å². The predicted molar refractivity (Wildman–Crippen MR) is 140 cm³/mol. The number of hydrogen-bond donors (Lipinski definition) is 1. The number of aryl methyl sites for hydroxylation is 1. The van der Waals surface area contributed by atoms with Crippen molar-refractivity contribution in [1.29, 1.82) is 0 Å². The number of nitrogens with zero attached hydrogens (tertiary/aromatic N) is 1. The molecule has 2 heterocycles. The highest BCUT2D eigenvalue weighted by atomic mass is 32.2. The van der Waals surface area contributed by atoms with E-state index in [0.717, 1.165) is 30.3 Å². The van der Waals surface area contributed by atoms with E-state index >= 15 is 0 Å². The maximum Gasteiger partial charge on any atom is 0.435 e. The minimum atomic E-state index is -6.38. The average molecular weight is 677 g/mol. The van der Waals surface area contributed by atoms with Crippen LogP contribution in [0.4, 0.5) is 35.1 Å². The number of fused-ring (bicyclic) bond motifs is 3. The molecule has 0 saturated carbocycles. The van der Waals surface area contributed by atoms with Crippen LogP contribution in [0.15, 0.2) is 47.4 Å². The summed E-state index contributed by atoms with van der Waals surface area (Å²) in [6, 6.07) is 3.92. The van der Waals surface area contributed by atoms with Crippen molar-refractivity contribution in [2.45, 2.75) is 59.9 Å². The lowest BCUT2D eigenvalue weighted by Gasteiger charge is -2.46. The Bertz CT molecular complexity index is 1560. The van der Waals surface area contributed by atoms with E-state index in [2.05, 4.69) is 0 Å². The number of rotatable bonds is 4. The molecule has 2 aliphatic heterocycles. The van der Waals surface area contributed by atoms with Crippen LogP contribution in [0.2, 0.25) is 0 Å². The molecule has 0 bridgehead atoms. The van der Waals surface area contributed by atoms with Crippen molar-refractivity contribution < 1.29 is 62.3 Å². The molecule has 2 aromatic carbocycles. The van der Waals surface area contributed by atoms with Crippen LogP contribution in [0.1, 0.15) is 36.5 Å². The van der Waals surface area contributed by atoms with Gasteiger partial charge >= 0.3 is 18.0 Å². The molecule has 2 saturated heterocycles. The molecule has 7 nitrogen and oxygen atoms in total. The van der Waals surface area contributed by atoms with E-state index in [9.17, 15) is 53.2 Å². The van der Waals surface area contributed by atoms with Gasteiger partial charge in [-0.1, -0.05) is 18.2 Å². The van der Waals surface area contributed by atoms with E-state index in [0.29, 0.717) is 6.07 Å². The van der Waals surface area contributed by atoms with Crippen molar-refractivity contribution in [3.05, 3.63) is 65.0 Å². The van der Waals surface area contributed by atoms with Gasteiger partial charge in [-0.05, 0) is 61.6 Å². The molecule has 1 aliphatic carbocycles. The zero-order valence-corrected chi connectivity index (χ0v) is 24.9. The second-order valence-corrected chi connectivity index (χ2v) is 15.9. The Balaban J connectivity index is 1.66. The van der Waals surface area contributed by atoms with Gasteiger partial charge < -0.3 is 18.8 Å². The summed E-state index contributed by atoms with van der Waals surface area (Å²) >= 11 is 0. The standard InChI is InChI=1S/C27H27F8NO6PS/c1-23(14-41-43(2,38)42-15-23)22(37)36-12-11-24(44(39,40)19-7-5-18(28)6-8-19)20-9-4-17(13-16(20)3-10-21(24)36)25(29,26(30,31)32)27(33,34)35/h4-9,13,21,38H,3,10-12,14-15H2,1-2H3/t21-,24-/m1/s1. The number of carbonyl (C=O) groups is 1. The summed E-state index contributed by atoms with van der Waals surface area (Å²) in [5, 5.41) is 0. The molecule has 1 amide bonds. The minimum Gasteiger partial charge on any atom is -0.337 e. The third kappa shape index (κ3) is 4.83. The van der Waals surface area contributed by atoms with Crippen molar-refractivity contribution in [2.75, 3.05) is 26.4 Å². The molecule has 0 aromatic heterocycles. The van der Waals surface area contributed by atoms with Crippen LogP contribution in [0, 0.1) is 11.2 Å². The van der Waals surface area contributed by atoms with Crippen LogP contribution in [0.3, 0.4) is 0 Å². The Labute approximate surface area is 247 Å². The van der Waals surface area contributed by atoms with Crippen molar-refractivity contribution in [3.8, 4) is 0 Å². The first-order valence-corrected chi connectivity index (χ1v) is 16.8. The maximum atomic E-state index is 15.0. The lowest BCUT2D eigenvalue weighted by molar-refractivity contribution is -0.348. The van der Waals surface area contributed by atoms with E-state index < -0.39 is 74.2 Å². The Kier molecular flexibility index (Phi) is 7.73. The third-order valence-electron chi connectivity index (χ3n) is 8.69. The second-order valence-electron chi connectivity index (χ2n) is 11.6. The van der Waals surface area contributed by atoms with Crippen molar-refractivity contribution in [2.24, 2.45) is 5.41 Å². The number of sulfone groups is 1. The quantitative estimate of drug-likeness (QED) is 0.251. The maximum absolute atomic E-state index is 15.0. The minimum absolute atomic E-state index is 0.181. The van der Waals surface area contributed by atoms with E-state index in [1.54, 1.807) is 0 Å². The van der Waals surface area contributed by atoms with Gasteiger partial charge in [0, 0.05) is 18.8 Å². The molecule has 1 N–H and O–H groups in total. The van der Waals surface area contributed by atoms with Crippen molar-refractivity contribution in [3.63, 3.8) is 0 Å². The van der Waals surface area contributed by atoms with Crippen LogP contribution in [0.5, 0.6) is 0 Å². The van der Waals surface area contributed by atoms with E-state index in [4.69, 9.17) is 9.05 Å². The fourth-order valence-corrected chi connectivity index (χ4v) is 9.86. The summed E-state index contributed by atoms with van der Waals surface area (Å²) in [6.45, 7) is 2.09. The molecule has 0 unspecified atom stereocenters. The highest BCUT2D eigenvalue weighted by Crippen LogP contribution is 2.60. The van der Waals surface area contributed by atoms with Crippen molar-refractivity contribution >= 4 is 23.7 Å². The Morgan fingerprint density at radius 3 is 2.11 bits per heavy atom. The number of likely N-dealkylation sites (tertiary alicyclic amines) is 1. The van der Waals surface area contributed by atoms with Crippen LogP contribution in [-0.4, -0.2) is 68.9 Å². The summed E-state index contributed by atoms with van der Waals surface area (Å²) in [6.07, 6.45) is -13.6. The first kappa shape index (κ1) is 33.0. The zero-order valence-electron chi connectivity index (χ0n) is 23.2.